The molecule has 0 bridgehead atoms. The molecule has 9 heteroatoms. The van der Waals surface area contributed by atoms with Crippen molar-refractivity contribution in [3.05, 3.63) is 65.7 Å². The molecule has 0 aliphatic rings. The molecule has 1 aromatic carbocycles. The van der Waals surface area contributed by atoms with Crippen molar-refractivity contribution in [1.82, 2.24) is 20.4 Å². The van der Waals surface area contributed by atoms with E-state index in [4.69, 9.17) is 4.74 Å². The molecule has 0 saturated carbocycles. The molecule has 2 aromatic heterocycles. The zero-order chi connectivity index (χ0) is 22.1. The molecule has 2 N–H and O–H groups in total. The van der Waals surface area contributed by atoms with Crippen LogP contribution < -0.4 is 10.6 Å². The largest absolute Gasteiger partial charge is 0.452 e. The van der Waals surface area contributed by atoms with Gasteiger partial charge in [-0.05, 0) is 36.1 Å². The summed E-state index contributed by atoms with van der Waals surface area (Å²) in [4.78, 5) is 36.1. The normalized spacial score (nSPS) is 10.7. The summed E-state index contributed by atoms with van der Waals surface area (Å²) in [5, 5.41) is 11.2. The predicted molar refractivity (Wildman–Crippen MR) is 119 cm³/mol. The quantitative estimate of drug-likeness (QED) is 0.415. The Morgan fingerprint density at radius 1 is 1.16 bits per heavy atom. The number of carbonyl (C=O) groups is 3. The van der Waals surface area contributed by atoms with Crippen LogP contribution in [0, 0.1) is 0 Å². The number of hydrogen-bond donors (Lipinski definition) is 2. The van der Waals surface area contributed by atoms with Crippen LogP contribution in [0.2, 0.25) is 0 Å². The van der Waals surface area contributed by atoms with Crippen LogP contribution in [0.5, 0.6) is 0 Å². The summed E-state index contributed by atoms with van der Waals surface area (Å²) in [7, 11) is 0. The SMILES string of the molecule is CCCNC(=O)NC(=O)COC(=O)C=Cc1cn(-c2ccccc2)nc1-c1cccs1. The molecule has 3 rings (SSSR count). The number of nitrogens with zero attached hydrogens (tertiary/aromatic N) is 2. The van der Waals surface area contributed by atoms with E-state index in [-0.39, 0.29) is 0 Å². The van der Waals surface area contributed by atoms with Crippen LogP contribution in [0.1, 0.15) is 18.9 Å². The molecule has 0 aliphatic carbocycles. The van der Waals surface area contributed by atoms with Crippen LogP contribution in [0.15, 0.2) is 60.1 Å². The van der Waals surface area contributed by atoms with Crippen LogP contribution in [0.25, 0.3) is 22.3 Å². The van der Waals surface area contributed by atoms with E-state index >= 15 is 0 Å². The summed E-state index contributed by atoms with van der Waals surface area (Å²) in [6.45, 7) is 1.79. The van der Waals surface area contributed by atoms with E-state index in [9.17, 15) is 14.4 Å². The lowest BCUT2D eigenvalue weighted by atomic mass is 10.2. The number of imide groups is 1. The number of ether oxygens (including phenoxy) is 1. The summed E-state index contributed by atoms with van der Waals surface area (Å²) < 4.78 is 6.65. The number of hydrogen-bond acceptors (Lipinski definition) is 6. The molecule has 0 unspecified atom stereocenters. The van der Waals surface area contributed by atoms with Crippen molar-refractivity contribution >= 4 is 35.3 Å². The Hall–Kier alpha value is -3.72. The number of urea groups is 1. The van der Waals surface area contributed by atoms with Gasteiger partial charge in [0.1, 0.15) is 5.69 Å². The fraction of sp³-hybridized carbons (Fsp3) is 0.182. The molecule has 0 saturated heterocycles. The highest BCUT2D eigenvalue weighted by Crippen LogP contribution is 2.28. The average molecular weight is 439 g/mol. The van der Waals surface area contributed by atoms with E-state index in [2.05, 4.69) is 15.7 Å². The van der Waals surface area contributed by atoms with Crippen molar-refractivity contribution in [2.45, 2.75) is 13.3 Å². The van der Waals surface area contributed by atoms with E-state index in [1.807, 2.05) is 61.0 Å². The fourth-order valence-electron chi connectivity index (χ4n) is 2.62. The summed E-state index contributed by atoms with van der Waals surface area (Å²) in [5.74, 6) is -1.40. The van der Waals surface area contributed by atoms with Crippen molar-refractivity contribution in [3.63, 3.8) is 0 Å². The van der Waals surface area contributed by atoms with Gasteiger partial charge in [0.05, 0.1) is 10.6 Å². The second-order valence-electron chi connectivity index (χ2n) is 6.44. The molecule has 0 spiro atoms. The third-order valence-electron chi connectivity index (χ3n) is 4.05. The lowest BCUT2D eigenvalue weighted by Gasteiger charge is -2.05. The van der Waals surface area contributed by atoms with Gasteiger partial charge in [0.2, 0.25) is 0 Å². The van der Waals surface area contributed by atoms with Crippen molar-refractivity contribution < 1.29 is 19.1 Å². The first kappa shape index (κ1) is 22.0. The second-order valence-corrected chi connectivity index (χ2v) is 7.38. The van der Waals surface area contributed by atoms with Gasteiger partial charge in [-0.1, -0.05) is 31.2 Å². The third-order valence-corrected chi connectivity index (χ3v) is 4.93. The molecule has 0 radical (unpaired) electrons. The third kappa shape index (κ3) is 6.38. The molecular weight excluding hydrogens is 416 g/mol. The van der Waals surface area contributed by atoms with Gasteiger partial charge in [-0.2, -0.15) is 5.10 Å². The van der Waals surface area contributed by atoms with Crippen LogP contribution >= 0.6 is 11.3 Å². The smallest absolute Gasteiger partial charge is 0.331 e. The van der Waals surface area contributed by atoms with Crippen molar-refractivity contribution in [2.24, 2.45) is 0 Å². The van der Waals surface area contributed by atoms with Crippen LogP contribution in [-0.2, 0) is 14.3 Å². The Bertz CT molecular complexity index is 1060. The molecule has 3 aromatic rings. The Labute approximate surface area is 183 Å². The molecular formula is C22H22N4O4S. The zero-order valence-electron chi connectivity index (χ0n) is 16.9. The van der Waals surface area contributed by atoms with Gasteiger partial charge in [0.15, 0.2) is 6.61 Å². The Balaban J connectivity index is 1.65. The molecule has 8 nitrogen and oxygen atoms in total. The Kier molecular flexibility index (Phi) is 7.72. The van der Waals surface area contributed by atoms with E-state index in [1.54, 1.807) is 22.1 Å². The Morgan fingerprint density at radius 2 is 1.97 bits per heavy atom. The van der Waals surface area contributed by atoms with E-state index in [1.165, 1.54) is 6.08 Å². The maximum Gasteiger partial charge on any atom is 0.331 e. The molecule has 2 heterocycles. The number of aromatic nitrogens is 2. The van der Waals surface area contributed by atoms with Crippen LogP contribution in [0.3, 0.4) is 0 Å². The number of esters is 1. The summed E-state index contributed by atoms with van der Waals surface area (Å²) >= 11 is 1.54. The molecule has 0 atom stereocenters. The summed E-state index contributed by atoms with van der Waals surface area (Å²) in [5.41, 5.74) is 2.35. The van der Waals surface area contributed by atoms with Gasteiger partial charge in [-0.3, -0.25) is 10.1 Å². The number of carbonyl (C=O) groups excluding carboxylic acids is 3. The minimum Gasteiger partial charge on any atom is -0.452 e. The summed E-state index contributed by atoms with van der Waals surface area (Å²) in [6.07, 6.45) is 5.39. The van der Waals surface area contributed by atoms with E-state index < -0.39 is 24.5 Å². The highest BCUT2D eigenvalue weighted by molar-refractivity contribution is 7.13. The topological polar surface area (TPSA) is 102 Å². The van der Waals surface area contributed by atoms with Crippen molar-refractivity contribution in [3.8, 4) is 16.3 Å². The summed E-state index contributed by atoms with van der Waals surface area (Å²) in [6, 6.07) is 12.9. The highest BCUT2D eigenvalue weighted by atomic mass is 32.1. The highest BCUT2D eigenvalue weighted by Gasteiger charge is 2.13. The molecule has 3 amide bonds. The maximum absolute atomic E-state index is 12.0. The van der Waals surface area contributed by atoms with E-state index in [0.29, 0.717) is 6.54 Å². The minimum absolute atomic E-state index is 0.449. The first-order valence-corrected chi connectivity index (χ1v) is 10.6. The maximum atomic E-state index is 12.0. The number of thiophene rings is 1. The number of amides is 3. The number of rotatable bonds is 8. The monoisotopic (exact) mass is 438 g/mol. The second kappa shape index (κ2) is 10.9. The molecule has 160 valence electrons. The van der Waals surface area contributed by atoms with E-state index in [0.717, 1.165) is 28.2 Å². The Morgan fingerprint density at radius 3 is 2.68 bits per heavy atom. The number of nitrogens with one attached hydrogen (secondary N) is 2. The predicted octanol–water partition coefficient (Wildman–Crippen LogP) is 3.39. The lowest BCUT2D eigenvalue weighted by Crippen LogP contribution is -2.41. The van der Waals surface area contributed by atoms with Gasteiger partial charge < -0.3 is 10.1 Å². The van der Waals surface area contributed by atoms with Crippen molar-refractivity contribution in [2.75, 3.05) is 13.2 Å². The molecule has 0 fully saturated rings. The minimum atomic E-state index is -0.702. The van der Waals surface area contributed by atoms with Gasteiger partial charge in [-0.25, -0.2) is 14.3 Å². The van der Waals surface area contributed by atoms with Gasteiger partial charge in [0, 0.05) is 24.4 Å². The van der Waals surface area contributed by atoms with Crippen LogP contribution in [-0.4, -0.2) is 40.8 Å². The first-order valence-electron chi connectivity index (χ1n) is 9.68. The fourth-order valence-corrected chi connectivity index (χ4v) is 3.35. The molecule has 31 heavy (non-hydrogen) atoms. The number of para-hydroxylation sites is 1. The van der Waals surface area contributed by atoms with Gasteiger partial charge in [0.25, 0.3) is 5.91 Å². The number of benzene rings is 1. The van der Waals surface area contributed by atoms with Gasteiger partial charge in [-0.15, -0.1) is 11.3 Å². The van der Waals surface area contributed by atoms with Crippen LogP contribution in [0.4, 0.5) is 4.79 Å². The lowest BCUT2D eigenvalue weighted by molar-refractivity contribution is -0.143. The first-order chi connectivity index (χ1) is 15.1. The zero-order valence-corrected chi connectivity index (χ0v) is 17.7. The van der Waals surface area contributed by atoms with Gasteiger partial charge >= 0.3 is 12.0 Å². The average Bonchev–Trinajstić information content (AvgIpc) is 3.45. The van der Waals surface area contributed by atoms with Crippen molar-refractivity contribution in [1.29, 1.82) is 0 Å². The molecule has 0 aliphatic heterocycles. The standard InChI is InChI=1S/C22H22N4O4S/c1-2-12-23-22(29)24-19(27)15-30-20(28)11-10-16-14-26(17-7-4-3-5-8-17)25-21(16)18-9-6-13-31-18/h3-11,13-14H,2,12,15H2,1H3,(H2,23,24,27,29).